The Labute approximate surface area is 54.8 Å². The third kappa shape index (κ3) is 3.76. The highest BCUT2D eigenvalue weighted by Crippen LogP contribution is 1.86. The van der Waals surface area contributed by atoms with Crippen LogP contribution in [0.15, 0.2) is 0 Å². The predicted molar refractivity (Wildman–Crippen MR) is 26.6 cm³/mol. The van der Waals surface area contributed by atoms with Gasteiger partial charge >= 0.3 is 11.9 Å². The largest absolute Gasteiger partial charge is 0.474 e. The summed E-state index contributed by atoms with van der Waals surface area (Å²) in [5.74, 6) is -3.18. The molecule has 1 amide bonds. The highest BCUT2D eigenvalue weighted by atomic mass is 19.3. The molecule has 0 bridgehead atoms. The topological polar surface area (TPSA) is 66.4 Å². The molecule has 6 heteroatoms. The first-order valence-electron chi connectivity index (χ1n) is 2.33. The van der Waals surface area contributed by atoms with E-state index in [9.17, 15) is 18.4 Å². The monoisotopic (exact) mass is 153 g/mol. The lowest BCUT2D eigenvalue weighted by molar-refractivity contribution is -0.150. The van der Waals surface area contributed by atoms with Gasteiger partial charge in [0.05, 0.1) is 6.54 Å². The van der Waals surface area contributed by atoms with E-state index in [2.05, 4.69) is 0 Å². The molecule has 0 heterocycles. The van der Waals surface area contributed by atoms with Crippen molar-refractivity contribution in [1.29, 1.82) is 0 Å². The maximum atomic E-state index is 11.3. The van der Waals surface area contributed by atoms with E-state index in [1.165, 1.54) is 5.32 Å². The van der Waals surface area contributed by atoms with Crippen molar-refractivity contribution in [2.75, 3.05) is 6.54 Å². The second-order valence-corrected chi connectivity index (χ2v) is 1.41. The summed E-state index contributed by atoms with van der Waals surface area (Å²) in [6.45, 7) is -0.925. The van der Waals surface area contributed by atoms with Gasteiger partial charge in [-0.25, -0.2) is 13.6 Å². The second-order valence-electron chi connectivity index (χ2n) is 1.41. The molecule has 0 aromatic rings. The number of carbonyl (C=O) groups is 2. The second kappa shape index (κ2) is 3.76. The van der Waals surface area contributed by atoms with Crippen LogP contribution in [0, 0.1) is 0 Å². The standard InChI is InChI=1S/C4H5F2NO3/c5-2(6)1-7-3(8)4(9)10/h2H,1H2,(H,7,8)(H,9,10). The van der Waals surface area contributed by atoms with Crippen LogP contribution in [0.25, 0.3) is 0 Å². The van der Waals surface area contributed by atoms with Crippen molar-refractivity contribution in [3.63, 3.8) is 0 Å². The molecule has 0 aromatic carbocycles. The average Bonchev–Trinajstić information content (AvgIpc) is 1.82. The van der Waals surface area contributed by atoms with E-state index < -0.39 is 24.8 Å². The van der Waals surface area contributed by atoms with Crippen LogP contribution >= 0.6 is 0 Å². The molecule has 0 fully saturated rings. The first kappa shape index (κ1) is 8.80. The summed E-state index contributed by atoms with van der Waals surface area (Å²) in [4.78, 5) is 19.7. The highest BCUT2D eigenvalue weighted by molar-refractivity contribution is 6.31. The molecule has 0 saturated carbocycles. The number of aliphatic carboxylic acids is 1. The number of carboxylic acid groups (broad SMARTS) is 1. The van der Waals surface area contributed by atoms with Crippen LogP contribution in [0.2, 0.25) is 0 Å². The molecule has 2 N–H and O–H groups in total. The van der Waals surface area contributed by atoms with Gasteiger partial charge in [0.25, 0.3) is 6.43 Å². The Morgan fingerprint density at radius 3 is 2.30 bits per heavy atom. The van der Waals surface area contributed by atoms with Crippen molar-refractivity contribution in [2.24, 2.45) is 0 Å². The van der Waals surface area contributed by atoms with Gasteiger partial charge in [-0.1, -0.05) is 0 Å². The van der Waals surface area contributed by atoms with Crippen molar-refractivity contribution in [2.45, 2.75) is 6.43 Å². The Kier molecular flexibility index (Phi) is 3.30. The number of carbonyl (C=O) groups excluding carboxylic acids is 1. The molecular formula is C4H5F2NO3. The Hall–Kier alpha value is -1.20. The SMILES string of the molecule is O=C(O)C(=O)NCC(F)F. The predicted octanol–water partition coefficient (Wildman–Crippen LogP) is -0.548. The van der Waals surface area contributed by atoms with Crippen molar-refractivity contribution >= 4 is 11.9 Å². The van der Waals surface area contributed by atoms with Crippen LogP contribution < -0.4 is 5.32 Å². The quantitative estimate of drug-likeness (QED) is 0.523. The molecule has 58 valence electrons. The van der Waals surface area contributed by atoms with E-state index in [1.807, 2.05) is 0 Å². The normalized spacial score (nSPS) is 9.50. The summed E-state index contributed by atoms with van der Waals surface area (Å²) in [5.41, 5.74) is 0. The van der Waals surface area contributed by atoms with Crippen molar-refractivity contribution in [3.05, 3.63) is 0 Å². The van der Waals surface area contributed by atoms with Gasteiger partial charge in [-0.2, -0.15) is 0 Å². The van der Waals surface area contributed by atoms with Crippen molar-refractivity contribution in [3.8, 4) is 0 Å². The maximum absolute atomic E-state index is 11.3. The van der Waals surface area contributed by atoms with Gasteiger partial charge in [0.15, 0.2) is 0 Å². The number of amides is 1. The molecule has 0 aliphatic carbocycles. The molecular weight excluding hydrogens is 148 g/mol. The fourth-order valence-corrected chi connectivity index (χ4v) is 0.245. The molecule has 0 atom stereocenters. The fraction of sp³-hybridized carbons (Fsp3) is 0.500. The van der Waals surface area contributed by atoms with E-state index in [1.54, 1.807) is 0 Å². The third-order valence-electron chi connectivity index (χ3n) is 0.611. The van der Waals surface area contributed by atoms with Crippen molar-refractivity contribution in [1.82, 2.24) is 5.32 Å². The molecule has 0 aliphatic heterocycles. The molecule has 0 aliphatic rings. The van der Waals surface area contributed by atoms with E-state index >= 15 is 0 Å². The van der Waals surface area contributed by atoms with Gasteiger partial charge in [-0.05, 0) is 0 Å². The smallest absolute Gasteiger partial charge is 0.394 e. The number of rotatable bonds is 2. The van der Waals surface area contributed by atoms with E-state index in [0.717, 1.165) is 0 Å². The van der Waals surface area contributed by atoms with Gasteiger partial charge in [0, 0.05) is 0 Å². The molecule has 0 aromatic heterocycles. The van der Waals surface area contributed by atoms with Crippen LogP contribution in [0.4, 0.5) is 8.78 Å². The lowest BCUT2D eigenvalue weighted by atomic mass is 10.6. The number of nitrogens with one attached hydrogen (secondary N) is 1. The van der Waals surface area contributed by atoms with E-state index in [-0.39, 0.29) is 0 Å². The molecule has 0 unspecified atom stereocenters. The summed E-state index contributed by atoms with van der Waals surface area (Å²) in [6, 6.07) is 0. The van der Waals surface area contributed by atoms with Gasteiger partial charge in [-0.3, -0.25) is 4.79 Å². The Morgan fingerprint density at radius 2 is 2.00 bits per heavy atom. The zero-order valence-corrected chi connectivity index (χ0v) is 4.80. The first-order valence-corrected chi connectivity index (χ1v) is 2.33. The van der Waals surface area contributed by atoms with E-state index in [0.29, 0.717) is 0 Å². The zero-order chi connectivity index (χ0) is 8.15. The summed E-state index contributed by atoms with van der Waals surface area (Å²) in [7, 11) is 0. The molecule has 0 rings (SSSR count). The van der Waals surface area contributed by atoms with Gasteiger partial charge < -0.3 is 10.4 Å². The van der Waals surface area contributed by atoms with Gasteiger partial charge in [0.1, 0.15) is 0 Å². The lowest BCUT2D eigenvalue weighted by Gasteiger charge is -1.98. The van der Waals surface area contributed by atoms with E-state index in [4.69, 9.17) is 5.11 Å². The number of hydrogen-bond donors (Lipinski definition) is 2. The number of alkyl halides is 2. The average molecular weight is 153 g/mol. The fourth-order valence-electron chi connectivity index (χ4n) is 0.245. The highest BCUT2D eigenvalue weighted by Gasteiger charge is 2.12. The molecule has 10 heavy (non-hydrogen) atoms. The summed E-state index contributed by atoms with van der Waals surface area (Å²) in [6.07, 6.45) is -2.72. The summed E-state index contributed by atoms with van der Waals surface area (Å²) in [5, 5.41) is 9.33. The Balaban J connectivity index is 3.50. The van der Waals surface area contributed by atoms with Gasteiger partial charge in [-0.15, -0.1) is 0 Å². The third-order valence-corrected chi connectivity index (χ3v) is 0.611. The molecule has 4 nitrogen and oxygen atoms in total. The van der Waals surface area contributed by atoms with Crippen LogP contribution in [0.1, 0.15) is 0 Å². The zero-order valence-electron chi connectivity index (χ0n) is 4.80. The van der Waals surface area contributed by atoms with Crippen molar-refractivity contribution < 1.29 is 23.5 Å². The van der Waals surface area contributed by atoms with Crippen LogP contribution in [0.3, 0.4) is 0 Å². The summed E-state index contributed by atoms with van der Waals surface area (Å²) >= 11 is 0. The summed E-state index contributed by atoms with van der Waals surface area (Å²) < 4.78 is 22.5. The lowest BCUT2D eigenvalue weighted by Crippen LogP contribution is -2.34. The minimum Gasteiger partial charge on any atom is -0.474 e. The van der Waals surface area contributed by atoms with Crippen LogP contribution in [-0.4, -0.2) is 30.0 Å². The number of halogens is 2. The minimum atomic E-state index is -2.72. The van der Waals surface area contributed by atoms with Crippen LogP contribution in [-0.2, 0) is 9.59 Å². The number of hydrogen-bond acceptors (Lipinski definition) is 2. The van der Waals surface area contributed by atoms with Gasteiger partial charge in [0.2, 0.25) is 0 Å². The number of carboxylic acids is 1. The molecule has 0 radical (unpaired) electrons. The molecule has 0 spiro atoms. The first-order chi connectivity index (χ1) is 4.54. The Morgan fingerprint density at radius 1 is 1.50 bits per heavy atom. The van der Waals surface area contributed by atoms with Crippen LogP contribution in [0.5, 0.6) is 0 Å². The molecule has 0 saturated heterocycles. The minimum absolute atomic E-state index is 0.925. The Bertz CT molecular complexity index is 147. The maximum Gasteiger partial charge on any atom is 0.394 e.